The van der Waals surface area contributed by atoms with Crippen LogP contribution in [0, 0.1) is 13.8 Å². The molecule has 1 aromatic rings. The molecule has 0 atom stereocenters. The SMILES string of the molecule is Cc1ccc(N(C)S(=O)(=O)N(C)CCC(=O)O)c(C)c1. The highest BCUT2D eigenvalue weighted by Gasteiger charge is 2.25. The topological polar surface area (TPSA) is 77.9 Å². The molecule has 0 saturated heterocycles. The Hall–Kier alpha value is -1.60. The molecule has 1 rings (SSSR count). The molecule has 0 heterocycles. The number of anilines is 1. The molecule has 0 aliphatic heterocycles. The molecule has 112 valence electrons. The molecule has 1 N–H and O–H groups in total. The molecule has 0 amide bonds. The van der Waals surface area contributed by atoms with Gasteiger partial charge in [0.2, 0.25) is 0 Å². The molecular formula is C13H20N2O4S. The van der Waals surface area contributed by atoms with Crippen molar-refractivity contribution in [2.75, 3.05) is 24.9 Å². The molecule has 6 nitrogen and oxygen atoms in total. The fraction of sp³-hybridized carbons (Fsp3) is 0.462. The Morgan fingerprint density at radius 1 is 1.25 bits per heavy atom. The number of hydrogen-bond donors (Lipinski definition) is 1. The molecule has 1 aromatic carbocycles. The maximum absolute atomic E-state index is 12.3. The molecule has 0 spiro atoms. The fourth-order valence-corrected chi connectivity index (χ4v) is 3.05. The molecular weight excluding hydrogens is 280 g/mol. The van der Waals surface area contributed by atoms with E-state index in [-0.39, 0.29) is 13.0 Å². The van der Waals surface area contributed by atoms with E-state index in [1.165, 1.54) is 18.4 Å². The van der Waals surface area contributed by atoms with Gasteiger partial charge in [0.25, 0.3) is 0 Å². The third-order valence-corrected chi connectivity index (χ3v) is 4.93. The second kappa shape index (κ2) is 6.23. The van der Waals surface area contributed by atoms with Gasteiger partial charge in [-0.15, -0.1) is 0 Å². The van der Waals surface area contributed by atoms with Crippen LogP contribution in [-0.2, 0) is 15.0 Å². The number of hydrogen-bond acceptors (Lipinski definition) is 3. The van der Waals surface area contributed by atoms with Gasteiger partial charge < -0.3 is 5.11 Å². The summed E-state index contributed by atoms with van der Waals surface area (Å²) in [7, 11) is -0.884. The second-order valence-electron chi connectivity index (χ2n) is 4.73. The van der Waals surface area contributed by atoms with Crippen LogP contribution in [0.15, 0.2) is 18.2 Å². The second-order valence-corrected chi connectivity index (χ2v) is 6.80. The summed E-state index contributed by atoms with van der Waals surface area (Å²) in [6, 6.07) is 5.48. The molecule has 0 saturated carbocycles. The number of aryl methyl sites for hydroxylation is 2. The van der Waals surface area contributed by atoms with Crippen LogP contribution < -0.4 is 4.31 Å². The van der Waals surface area contributed by atoms with E-state index < -0.39 is 16.2 Å². The maximum atomic E-state index is 12.3. The normalized spacial score (nSPS) is 11.7. The van der Waals surface area contributed by atoms with E-state index in [4.69, 9.17) is 5.11 Å². The first kappa shape index (κ1) is 16.5. The van der Waals surface area contributed by atoms with Crippen LogP contribution in [0.25, 0.3) is 0 Å². The molecule has 20 heavy (non-hydrogen) atoms. The Balaban J connectivity index is 2.99. The van der Waals surface area contributed by atoms with Crippen LogP contribution in [0.3, 0.4) is 0 Å². The van der Waals surface area contributed by atoms with Gasteiger partial charge in [0.05, 0.1) is 12.1 Å². The van der Waals surface area contributed by atoms with Crippen LogP contribution in [0.2, 0.25) is 0 Å². The van der Waals surface area contributed by atoms with E-state index in [9.17, 15) is 13.2 Å². The lowest BCUT2D eigenvalue weighted by Gasteiger charge is -2.26. The lowest BCUT2D eigenvalue weighted by Crippen LogP contribution is -2.40. The molecule has 0 aromatic heterocycles. The summed E-state index contributed by atoms with van der Waals surface area (Å²) in [5.41, 5.74) is 2.48. The summed E-state index contributed by atoms with van der Waals surface area (Å²) in [6.07, 6.45) is -0.226. The molecule has 0 aliphatic carbocycles. The summed E-state index contributed by atoms with van der Waals surface area (Å²) in [5.74, 6) is -1.03. The summed E-state index contributed by atoms with van der Waals surface area (Å²) in [5, 5.41) is 8.62. The Kier molecular flexibility index (Phi) is 5.13. The minimum Gasteiger partial charge on any atom is -0.481 e. The van der Waals surface area contributed by atoms with Crippen molar-refractivity contribution >= 4 is 21.9 Å². The lowest BCUT2D eigenvalue weighted by molar-refractivity contribution is -0.137. The average molecular weight is 300 g/mol. The van der Waals surface area contributed by atoms with Crippen LogP contribution in [-0.4, -0.2) is 44.4 Å². The zero-order chi connectivity index (χ0) is 15.5. The summed E-state index contributed by atoms with van der Waals surface area (Å²) in [4.78, 5) is 10.5. The summed E-state index contributed by atoms with van der Waals surface area (Å²) in [6.45, 7) is 3.71. The van der Waals surface area contributed by atoms with Gasteiger partial charge in [-0.1, -0.05) is 17.7 Å². The van der Waals surface area contributed by atoms with Crippen LogP contribution in [0.4, 0.5) is 5.69 Å². The minimum absolute atomic E-state index is 0.0626. The Morgan fingerprint density at radius 3 is 2.35 bits per heavy atom. The molecule has 0 radical (unpaired) electrons. The quantitative estimate of drug-likeness (QED) is 0.861. The first-order chi connectivity index (χ1) is 9.16. The molecule has 0 unspecified atom stereocenters. The smallest absolute Gasteiger partial charge is 0.304 e. The van der Waals surface area contributed by atoms with Gasteiger partial charge in [-0.25, -0.2) is 0 Å². The molecule has 7 heteroatoms. The standard InChI is InChI=1S/C13H20N2O4S/c1-10-5-6-12(11(2)9-10)15(4)20(18,19)14(3)8-7-13(16)17/h5-6,9H,7-8H2,1-4H3,(H,16,17). The van der Waals surface area contributed by atoms with Gasteiger partial charge in [-0.3, -0.25) is 9.10 Å². The summed E-state index contributed by atoms with van der Waals surface area (Å²) < 4.78 is 26.9. The van der Waals surface area contributed by atoms with Crippen LogP contribution >= 0.6 is 0 Å². The van der Waals surface area contributed by atoms with E-state index in [1.807, 2.05) is 26.0 Å². The maximum Gasteiger partial charge on any atom is 0.304 e. The highest BCUT2D eigenvalue weighted by Crippen LogP contribution is 2.23. The van der Waals surface area contributed by atoms with Crippen molar-refractivity contribution in [1.82, 2.24) is 4.31 Å². The largest absolute Gasteiger partial charge is 0.481 e. The van der Waals surface area contributed by atoms with Crippen molar-refractivity contribution < 1.29 is 18.3 Å². The van der Waals surface area contributed by atoms with Gasteiger partial charge in [0, 0.05) is 20.6 Å². The molecule has 0 bridgehead atoms. The third-order valence-electron chi connectivity index (χ3n) is 3.07. The highest BCUT2D eigenvalue weighted by atomic mass is 32.2. The Morgan fingerprint density at radius 2 is 1.85 bits per heavy atom. The first-order valence-corrected chi connectivity index (χ1v) is 7.55. The van der Waals surface area contributed by atoms with E-state index in [0.29, 0.717) is 5.69 Å². The number of aliphatic carboxylic acids is 1. The zero-order valence-electron chi connectivity index (χ0n) is 12.1. The average Bonchev–Trinajstić information content (AvgIpc) is 2.34. The Bertz CT molecular complexity index is 598. The summed E-state index contributed by atoms with van der Waals surface area (Å²) >= 11 is 0. The van der Waals surface area contributed by atoms with Gasteiger partial charge in [0.1, 0.15) is 0 Å². The van der Waals surface area contributed by atoms with Crippen molar-refractivity contribution in [1.29, 1.82) is 0 Å². The number of carbonyl (C=O) groups is 1. The number of benzene rings is 1. The number of nitrogens with zero attached hydrogens (tertiary/aromatic N) is 2. The highest BCUT2D eigenvalue weighted by molar-refractivity contribution is 7.90. The van der Waals surface area contributed by atoms with Crippen LogP contribution in [0.1, 0.15) is 17.5 Å². The monoisotopic (exact) mass is 300 g/mol. The van der Waals surface area contributed by atoms with Gasteiger partial charge >= 0.3 is 16.2 Å². The van der Waals surface area contributed by atoms with E-state index in [2.05, 4.69) is 0 Å². The van der Waals surface area contributed by atoms with Gasteiger partial charge in [0.15, 0.2) is 0 Å². The van der Waals surface area contributed by atoms with Crippen LogP contribution in [0.5, 0.6) is 0 Å². The van der Waals surface area contributed by atoms with Crippen molar-refractivity contribution in [2.45, 2.75) is 20.3 Å². The molecule has 0 fully saturated rings. The predicted octanol–water partition coefficient (Wildman–Crippen LogP) is 1.39. The van der Waals surface area contributed by atoms with Crippen molar-refractivity contribution in [3.05, 3.63) is 29.3 Å². The van der Waals surface area contributed by atoms with E-state index in [1.54, 1.807) is 6.07 Å². The predicted molar refractivity (Wildman–Crippen MR) is 78.1 cm³/mol. The van der Waals surface area contributed by atoms with Gasteiger partial charge in [-0.05, 0) is 25.5 Å². The van der Waals surface area contributed by atoms with Crippen molar-refractivity contribution in [3.8, 4) is 0 Å². The third kappa shape index (κ3) is 3.71. The number of rotatable bonds is 6. The molecule has 0 aliphatic rings. The number of carboxylic acids is 1. The lowest BCUT2D eigenvalue weighted by atomic mass is 10.1. The number of carboxylic acid groups (broad SMARTS) is 1. The minimum atomic E-state index is -3.72. The van der Waals surface area contributed by atoms with Crippen molar-refractivity contribution in [3.63, 3.8) is 0 Å². The fourth-order valence-electron chi connectivity index (χ4n) is 1.86. The zero-order valence-corrected chi connectivity index (χ0v) is 12.9. The first-order valence-electron chi connectivity index (χ1n) is 6.15. The van der Waals surface area contributed by atoms with Crippen molar-refractivity contribution in [2.24, 2.45) is 0 Å². The van der Waals surface area contributed by atoms with E-state index in [0.717, 1.165) is 15.4 Å². The van der Waals surface area contributed by atoms with Gasteiger partial charge in [-0.2, -0.15) is 12.7 Å². The van der Waals surface area contributed by atoms with E-state index >= 15 is 0 Å². The Labute approximate surface area is 119 Å².